The van der Waals surface area contributed by atoms with Crippen molar-refractivity contribution in [2.24, 2.45) is 0 Å². The van der Waals surface area contributed by atoms with Crippen LogP contribution in [0.15, 0.2) is 71.0 Å². The summed E-state index contributed by atoms with van der Waals surface area (Å²) in [5.74, 6) is 0.0951. The fourth-order valence-corrected chi connectivity index (χ4v) is 4.11. The molecule has 8 heteroatoms. The predicted octanol–water partition coefficient (Wildman–Crippen LogP) is 4.85. The van der Waals surface area contributed by atoms with E-state index in [1.807, 2.05) is 53.4 Å². The van der Waals surface area contributed by atoms with Gasteiger partial charge in [0.25, 0.3) is 5.91 Å². The Bertz CT molecular complexity index is 1020. The molecule has 1 aromatic heterocycles. The first kappa shape index (κ1) is 23.0. The van der Waals surface area contributed by atoms with Crippen LogP contribution in [0.25, 0.3) is 5.69 Å². The molecule has 0 bridgehead atoms. The number of unbranched alkanes of at least 4 members (excludes halogenated alkanes) is 1. The van der Waals surface area contributed by atoms with Crippen LogP contribution in [0.4, 0.5) is 5.69 Å². The standard InChI is InChI=1S/C23H26N4O2S2/c1-3-4-12-24-22(29)17-8-10-19(11-9-17)27-14-13-25-23(27)31-16-21(28)26-18-6-5-7-20(15-18)30-2/h5-11,13-15H,3-4,12,16H2,1-2H3,(H,24,29)(H,26,28). The molecule has 0 atom stereocenters. The molecule has 1 heterocycles. The van der Waals surface area contributed by atoms with Gasteiger partial charge in [-0.15, -0.1) is 11.8 Å². The summed E-state index contributed by atoms with van der Waals surface area (Å²) in [6.07, 6.45) is 7.56. The fraction of sp³-hybridized carbons (Fsp3) is 0.261. The van der Waals surface area contributed by atoms with Crippen LogP contribution in [-0.4, -0.2) is 39.9 Å². The summed E-state index contributed by atoms with van der Waals surface area (Å²) >= 11 is 3.00. The van der Waals surface area contributed by atoms with Gasteiger partial charge >= 0.3 is 0 Å². The molecule has 0 fully saturated rings. The molecule has 0 saturated heterocycles. The first-order valence-electron chi connectivity index (χ1n) is 10.1. The zero-order valence-corrected chi connectivity index (χ0v) is 19.3. The predicted molar refractivity (Wildman–Crippen MR) is 128 cm³/mol. The molecule has 0 radical (unpaired) electrons. The molecule has 162 valence electrons. The monoisotopic (exact) mass is 454 g/mol. The normalized spacial score (nSPS) is 10.6. The summed E-state index contributed by atoms with van der Waals surface area (Å²) in [6.45, 7) is 2.78. The maximum absolute atomic E-state index is 12.4. The molecule has 6 nitrogen and oxygen atoms in total. The summed E-state index contributed by atoms with van der Waals surface area (Å²) < 4.78 is 1.91. The number of aromatic nitrogens is 2. The number of hydrogen-bond acceptors (Lipinski definition) is 5. The van der Waals surface area contributed by atoms with Crippen molar-refractivity contribution in [1.29, 1.82) is 0 Å². The average Bonchev–Trinajstić information content (AvgIpc) is 3.26. The van der Waals surface area contributed by atoms with E-state index in [1.54, 1.807) is 30.1 Å². The minimum atomic E-state index is -0.0862. The highest BCUT2D eigenvalue weighted by atomic mass is 32.2. The van der Waals surface area contributed by atoms with Crippen molar-refractivity contribution in [3.05, 3.63) is 66.5 Å². The molecule has 0 spiro atoms. The van der Waals surface area contributed by atoms with Crippen LogP contribution in [-0.2, 0) is 4.79 Å². The van der Waals surface area contributed by atoms with Crippen molar-refractivity contribution in [3.8, 4) is 5.69 Å². The molecule has 0 saturated carbocycles. The van der Waals surface area contributed by atoms with Gasteiger partial charge in [0.1, 0.15) is 0 Å². The van der Waals surface area contributed by atoms with Gasteiger partial charge in [-0.25, -0.2) is 4.98 Å². The second kappa shape index (κ2) is 11.6. The van der Waals surface area contributed by atoms with E-state index in [0.29, 0.717) is 17.3 Å². The summed E-state index contributed by atoms with van der Waals surface area (Å²) in [5, 5.41) is 6.56. The Morgan fingerprint density at radius 3 is 2.68 bits per heavy atom. The van der Waals surface area contributed by atoms with Crippen LogP contribution in [0, 0.1) is 0 Å². The molecular weight excluding hydrogens is 428 g/mol. The topological polar surface area (TPSA) is 76.0 Å². The van der Waals surface area contributed by atoms with Crippen molar-refractivity contribution in [3.63, 3.8) is 0 Å². The first-order valence-corrected chi connectivity index (χ1v) is 12.3. The molecule has 31 heavy (non-hydrogen) atoms. The van der Waals surface area contributed by atoms with Crippen LogP contribution in [0.2, 0.25) is 0 Å². The average molecular weight is 455 g/mol. The highest BCUT2D eigenvalue weighted by molar-refractivity contribution is 7.99. The van der Waals surface area contributed by atoms with Gasteiger partial charge in [0, 0.05) is 40.8 Å². The zero-order valence-electron chi connectivity index (χ0n) is 17.6. The van der Waals surface area contributed by atoms with Gasteiger partial charge in [-0.1, -0.05) is 31.2 Å². The Morgan fingerprint density at radius 2 is 1.94 bits per heavy atom. The number of hydrogen-bond donors (Lipinski definition) is 2. The van der Waals surface area contributed by atoms with E-state index in [4.69, 9.17) is 0 Å². The van der Waals surface area contributed by atoms with E-state index in [9.17, 15) is 9.59 Å². The Morgan fingerprint density at radius 1 is 1.13 bits per heavy atom. The molecule has 3 aromatic rings. The number of anilines is 1. The number of rotatable bonds is 10. The van der Waals surface area contributed by atoms with Crippen molar-refractivity contribution in [2.75, 3.05) is 23.9 Å². The van der Waals surface area contributed by atoms with Gasteiger partial charge in [-0.3, -0.25) is 14.2 Å². The molecule has 3 rings (SSSR count). The van der Waals surface area contributed by atoms with Crippen LogP contribution >= 0.6 is 23.5 Å². The maximum atomic E-state index is 12.4. The van der Waals surface area contributed by atoms with Gasteiger partial charge in [0.2, 0.25) is 5.91 Å². The van der Waals surface area contributed by atoms with Gasteiger partial charge in [0.05, 0.1) is 5.75 Å². The lowest BCUT2D eigenvalue weighted by Gasteiger charge is -2.10. The quantitative estimate of drug-likeness (QED) is 0.338. The fourth-order valence-electron chi connectivity index (χ4n) is 2.88. The lowest BCUT2D eigenvalue weighted by atomic mass is 10.2. The number of amides is 2. The summed E-state index contributed by atoms with van der Waals surface area (Å²) in [5.41, 5.74) is 2.30. The van der Waals surface area contributed by atoms with E-state index >= 15 is 0 Å². The third-order valence-corrected chi connectivity index (χ3v) is 6.21. The van der Waals surface area contributed by atoms with Crippen LogP contribution < -0.4 is 10.6 Å². The van der Waals surface area contributed by atoms with Crippen LogP contribution in [0.3, 0.4) is 0 Å². The number of thioether (sulfide) groups is 2. The number of carbonyl (C=O) groups is 2. The Labute approximate surface area is 191 Å². The van der Waals surface area contributed by atoms with E-state index in [2.05, 4.69) is 22.5 Å². The lowest BCUT2D eigenvalue weighted by molar-refractivity contribution is -0.113. The number of carbonyl (C=O) groups excluding carboxylic acids is 2. The SMILES string of the molecule is CCCCNC(=O)c1ccc(-n2ccnc2SCC(=O)Nc2cccc(SC)c2)cc1. The Kier molecular flexibility index (Phi) is 8.61. The minimum Gasteiger partial charge on any atom is -0.352 e. The van der Waals surface area contributed by atoms with E-state index in [0.717, 1.165) is 29.1 Å². The van der Waals surface area contributed by atoms with Crippen molar-refractivity contribution in [1.82, 2.24) is 14.9 Å². The number of imidazole rings is 1. The zero-order chi connectivity index (χ0) is 22.1. The molecule has 0 aliphatic rings. The summed E-state index contributed by atoms with van der Waals surface area (Å²) in [4.78, 5) is 30.0. The molecule has 2 amide bonds. The lowest BCUT2D eigenvalue weighted by Crippen LogP contribution is -2.24. The Balaban J connectivity index is 1.59. The largest absolute Gasteiger partial charge is 0.352 e. The number of benzene rings is 2. The molecule has 2 N–H and O–H groups in total. The van der Waals surface area contributed by atoms with Crippen LogP contribution in [0.5, 0.6) is 0 Å². The number of nitrogens with zero attached hydrogens (tertiary/aromatic N) is 2. The molecule has 0 unspecified atom stereocenters. The van der Waals surface area contributed by atoms with E-state index in [1.165, 1.54) is 11.8 Å². The molecule has 0 aliphatic heterocycles. The highest BCUT2D eigenvalue weighted by Crippen LogP contribution is 2.22. The van der Waals surface area contributed by atoms with Crippen molar-refractivity contribution < 1.29 is 9.59 Å². The van der Waals surface area contributed by atoms with Gasteiger partial charge < -0.3 is 10.6 Å². The summed E-state index contributed by atoms with van der Waals surface area (Å²) in [6, 6.07) is 15.1. The minimum absolute atomic E-state index is 0.0672. The first-order chi connectivity index (χ1) is 15.1. The third-order valence-electron chi connectivity index (χ3n) is 4.52. The molecular formula is C23H26N4O2S2. The van der Waals surface area contributed by atoms with Crippen LogP contribution in [0.1, 0.15) is 30.1 Å². The van der Waals surface area contributed by atoms with Crippen molar-refractivity contribution >= 4 is 41.0 Å². The Hall–Kier alpha value is -2.71. The summed E-state index contributed by atoms with van der Waals surface area (Å²) in [7, 11) is 0. The van der Waals surface area contributed by atoms with E-state index in [-0.39, 0.29) is 17.6 Å². The maximum Gasteiger partial charge on any atom is 0.251 e. The van der Waals surface area contributed by atoms with Gasteiger partial charge in [-0.2, -0.15) is 0 Å². The smallest absolute Gasteiger partial charge is 0.251 e. The second-order valence-electron chi connectivity index (χ2n) is 6.80. The molecule has 2 aromatic carbocycles. The van der Waals surface area contributed by atoms with Crippen molar-refractivity contribution in [2.45, 2.75) is 29.8 Å². The van der Waals surface area contributed by atoms with Gasteiger partial charge in [-0.05, 0) is 55.1 Å². The highest BCUT2D eigenvalue weighted by Gasteiger charge is 2.11. The van der Waals surface area contributed by atoms with E-state index < -0.39 is 0 Å². The third kappa shape index (κ3) is 6.63. The van der Waals surface area contributed by atoms with Gasteiger partial charge in [0.15, 0.2) is 5.16 Å². The number of nitrogens with one attached hydrogen (secondary N) is 2. The second-order valence-corrected chi connectivity index (χ2v) is 8.63. The molecule has 0 aliphatic carbocycles.